The van der Waals surface area contributed by atoms with Gasteiger partial charge < -0.3 is 10.6 Å². The van der Waals surface area contributed by atoms with Crippen LogP contribution in [0.3, 0.4) is 0 Å². The van der Waals surface area contributed by atoms with Crippen molar-refractivity contribution in [2.24, 2.45) is 5.92 Å². The summed E-state index contributed by atoms with van der Waals surface area (Å²) in [7, 11) is 0. The Kier molecular flexibility index (Phi) is 7.47. The lowest BCUT2D eigenvalue weighted by Crippen LogP contribution is -2.39. The maximum atomic E-state index is 12.0. The van der Waals surface area contributed by atoms with E-state index in [1.807, 2.05) is 11.6 Å². The first-order chi connectivity index (χ1) is 10.3. The number of piperidine rings is 1. The Morgan fingerprint density at radius 1 is 1.41 bits per heavy atom. The molecule has 0 radical (unpaired) electrons. The van der Waals surface area contributed by atoms with Crippen molar-refractivity contribution in [2.75, 3.05) is 12.3 Å². The number of carbonyl (C=O) groups is 1. The molecule has 1 aromatic rings. The molecule has 2 fully saturated rings. The molecule has 0 spiro atoms. The predicted octanol–water partition coefficient (Wildman–Crippen LogP) is 3.08. The molecule has 7 heteroatoms. The van der Waals surface area contributed by atoms with E-state index in [2.05, 4.69) is 15.6 Å². The third-order valence-electron chi connectivity index (χ3n) is 4.32. The van der Waals surface area contributed by atoms with Gasteiger partial charge in [-0.2, -0.15) is 0 Å². The fourth-order valence-electron chi connectivity index (χ4n) is 3.42. The predicted molar refractivity (Wildman–Crippen MR) is 95.0 cm³/mol. The third kappa shape index (κ3) is 5.41. The van der Waals surface area contributed by atoms with E-state index < -0.39 is 0 Å². The van der Waals surface area contributed by atoms with E-state index in [-0.39, 0.29) is 18.3 Å². The molecule has 3 heterocycles. The van der Waals surface area contributed by atoms with Crippen LogP contribution in [0.15, 0.2) is 15.9 Å². The molecule has 0 aliphatic carbocycles. The molecule has 2 N–H and O–H groups in total. The molecule has 1 aromatic heterocycles. The van der Waals surface area contributed by atoms with Crippen molar-refractivity contribution in [2.45, 2.75) is 54.9 Å². The molecule has 2 aliphatic rings. The summed E-state index contributed by atoms with van der Waals surface area (Å²) in [4.78, 5) is 16.2. The number of hydrogen-bond acceptors (Lipinski definition) is 5. The van der Waals surface area contributed by atoms with E-state index in [0.29, 0.717) is 24.4 Å². The van der Waals surface area contributed by atoms with E-state index in [9.17, 15) is 4.79 Å². The van der Waals surface area contributed by atoms with Crippen molar-refractivity contribution in [1.29, 1.82) is 0 Å². The molecule has 2 atom stereocenters. The quantitative estimate of drug-likeness (QED) is 0.579. The standard InChI is InChI=1S/C15H23N3OS2.ClH/c19-14(10-11-8-12-2-3-13(9-11)18-12)16-4-1-6-20-15-17-5-7-21-15;/h5,7,11-13,18H,1-4,6,8-10H2,(H,16,19);1H. The van der Waals surface area contributed by atoms with Crippen LogP contribution in [-0.4, -0.2) is 35.3 Å². The van der Waals surface area contributed by atoms with Gasteiger partial charge in [0.15, 0.2) is 0 Å². The molecule has 124 valence electrons. The molecular formula is C15H24ClN3OS2. The zero-order valence-electron chi connectivity index (χ0n) is 12.6. The number of thioether (sulfide) groups is 1. The second-order valence-corrected chi connectivity index (χ2v) is 8.27. The van der Waals surface area contributed by atoms with Gasteiger partial charge in [0.25, 0.3) is 0 Å². The zero-order valence-corrected chi connectivity index (χ0v) is 15.1. The molecule has 4 nitrogen and oxygen atoms in total. The Labute approximate surface area is 146 Å². The number of aromatic nitrogens is 1. The average molecular weight is 362 g/mol. The van der Waals surface area contributed by atoms with E-state index in [1.54, 1.807) is 23.1 Å². The molecule has 2 unspecified atom stereocenters. The lowest BCUT2D eigenvalue weighted by atomic mass is 9.89. The summed E-state index contributed by atoms with van der Waals surface area (Å²) in [6, 6.07) is 1.35. The van der Waals surface area contributed by atoms with Gasteiger partial charge in [-0.05, 0) is 38.0 Å². The first kappa shape index (κ1) is 18.0. The van der Waals surface area contributed by atoms with Crippen LogP contribution >= 0.6 is 35.5 Å². The topological polar surface area (TPSA) is 54.0 Å². The number of amides is 1. The maximum absolute atomic E-state index is 12.0. The molecule has 2 saturated heterocycles. The normalized spacial score (nSPS) is 26.5. The number of halogens is 1. The Morgan fingerprint density at radius 3 is 2.86 bits per heavy atom. The number of fused-ring (bicyclic) bond motifs is 2. The van der Waals surface area contributed by atoms with Crippen molar-refractivity contribution in [3.8, 4) is 0 Å². The summed E-state index contributed by atoms with van der Waals surface area (Å²) in [5.41, 5.74) is 0. The number of nitrogens with one attached hydrogen (secondary N) is 2. The van der Waals surface area contributed by atoms with Crippen molar-refractivity contribution < 1.29 is 4.79 Å². The van der Waals surface area contributed by atoms with E-state index in [0.717, 1.165) is 23.1 Å². The van der Waals surface area contributed by atoms with Crippen LogP contribution in [-0.2, 0) is 4.79 Å². The number of carbonyl (C=O) groups excluding carboxylic acids is 1. The van der Waals surface area contributed by atoms with Gasteiger partial charge in [-0.3, -0.25) is 4.79 Å². The number of rotatable bonds is 7. The molecule has 2 aliphatic heterocycles. The van der Waals surface area contributed by atoms with Gasteiger partial charge in [0.2, 0.25) is 5.91 Å². The molecule has 1 amide bonds. The summed E-state index contributed by atoms with van der Waals surface area (Å²) < 4.78 is 1.12. The van der Waals surface area contributed by atoms with Crippen molar-refractivity contribution in [3.05, 3.63) is 11.6 Å². The van der Waals surface area contributed by atoms with Gasteiger partial charge in [0, 0.05) is 42.4 Å². The number of thiazole rings is 1. The highest BCUT2D eigenvalue weighted by atomic mass is 35.5. The summed E-state index contributed by atoms with van der Waals surface area (Å²) in [5.74, 6) is 1.85. The van der Waals surface area contributed by atoms with E-state index in [4.69, 9.17) is 0 Å². The van der Waals surface area contributed by atoms with Crippen LogP contribution in [0.4, 0.5) is 0 Å². The van der Waals surface area contributed by atoms with E-state index >= 15 is 0 Å². The Morgan fingerprint density at radius 2 is 2.18 bits per heavy atom. The maximum Gasteiger partial charge on any atom is 0.220 e. The summed E-state index contributed by atoms with van der Waals surface area (Å²) in [6.45, 7) is 0.787. The second-order valence-electron chi connectivity index (χ2n) is 6.03. The van der Waals surface area contributed by atoms with Gasteiger partial charge in [-0.15, -0.1) is 23.7 Å². The Balaban J connectivity index is 0.00000176. The minimum Gasteiger partial charge on any atom is -0.356 e. The highest BCUT2D eigenvalue weighted by Crippen LogP contribution is 2.32. The minimum atomic E-state index is 0. The van der Waals surface area contributed by atoms with Gasteiger partial charge in [0.05, 0.1) is 0 Å². The van der Waals surface area contributed by atoms with Gasteiger partial charge >= 0.3 is 0 Å². The van der Waals surface area contributed by atoms with Crippen LogP contribution in [0.1, 0.15) is 38.5 Å². The van der Waals surface area contributed by atoms with E-state index in [1.165, 1.54) is 25.7 Å². The highest BCUT2D eigenvalue weighted by molar-refractivity contribution is 8.00. The molecule has 2 bridgehead atoms. The van der Waals surface area contributed by atoms with Crippen LogP contribution in [0.25, 0.3) is 0 Å². The molecule has 22 heavy (non-hydrogen) atoms. The van der Waals surface area contributed by atoms with Gasteiger partial charge in [-0.1, -0.05) is 11.8 Å². The van der Waals surface area contributed by atoms with Gasteiger partial charge in [0.1, 0.15) is 4.34 Å². The Hall–Kier alpha value is -0.300. The SMILES string of the molecule is Cl.O=C(CC1CC2CCC(C1)N2)NCCCSc1nccs1. The van der Waals surface area contributed by atoms with Crippen molar-refractivity contribution in [1.82, 2.24) is 15.6 Å². The largest absolute Gasteiger partial charge is 0.356 e. The molecule has 0 saturated carbocycles. The summed E-state index contributed by atoms with van der Waals surface area (Å²) in [6.07, 6.45) is 8.53. The van der Waals surface area contributed by atoms with Crippen molar-refractivity contribution >= 4 is 41.4 Å². The fourth-order valence-corrected chi connectivity index (χ4v) is 5.06. The number of nitrogens with zero attached hydrogens (tertiary/aromatic N) is 1. The number of hydrogen-bond donors (Lipinski definition) is 2. The molecule has 3 rings (SSSR count). The first-order valence-electron chi connectivity index (χ1n) is 7.84. The van der Waals surface area contributed by atoms with Crippen LogP contribution in [0.5, 0.6) is 0 Å². The lowest BCUT2D eigenvalue weighted by Gasteiger charge is -2.28. The van der Waals surface area contributed by atoms with Crippen molar-refractivity contribution in [3.63, 3.8) is 0 Å². The van der Waals surface area contributed by atoms with Crippen LogP contribution in [0.2, 0.25) is 0 Å². The van der Waals surface area contributed by atoms with Crippen LogP contribution in [0, 0.1) is 5.92 Å². The second kappa shape index (κ2) is 9.11. The smallest absolute Gasteiger partial charge is 0.220 e. The molecular weight excluding hydrogens is 338 g/mol. The zero-order chi connectivity index (χ0) is 14.5. The van der Waals surface area contributed by atoms with Gasteiger partial charge in [-0.25, -0.2) is 4.98 Å². The highest BCUT2D eigenvalue weighted by Gasteiger charge is 2.33. The monoisotopic (exact) mass is 361 g/mol. The summed E-state index contributed by atoms with van der Waals surface area (Å²) >= 11 is 3.45. The molecule has 0 aromatic carbocycles. The third-order valence-corrected chi connectivity index (χ3v) is 6.38. The average Bonchev–Trinajstić information content (AvgIpc) is 3.08. The minimum absolute atomic E-state index is 0. The Bertz CT molecular complexity index is 446. The lowest BCUT2D eigenvalue weighted by molar-refractivity contribution is -0.122. The van der Waals surface area contributed by atoms with Crippen LogP contribution < -0.4 is 10.6 Å². The summed E-state index contributed by atoms with van der Waals surface area (Å²) in [5, 5.41) is 8.69. The fraction of sp³-hybridized carbons (Fsp3) is 0.733. The first-order valence-corrected chi connectivity index (χ1v) is 9.71.